The Balaban J connectivity index is 2.31. The summed E-state index contributed by atoms with van der Waals surface area (Å²) in [5.41, 5.74) is 0.730. The summed E-state index contributed by atoms with van der Waals surface area (Å²) in [6.07, 6.45) is 15.9. The Morgan fingerprint density at radius 3 is 2.41 bits per heavy atom. The molecule has 0 fully saturated rings. The molecule has 0 aromatic heterocycles. The predicted octanol–water partition coefficient (Wildman–Crippen LogP) is 4.83. The predicted molar refractivity (Wildman–Crippen MR) is 92.5 cm³/mol. The van der Waals surface area contributed by atoms with E-state index in [0.29, 0.717) is 0 Å². The molecule has 1 amide bonds. The van der Waals surface area contributed by atoms with Gasteiger partial charge in [-0.25, -0.2) is 0 Å². The molecule has 1 rings (SSSR count). The zero-order valence-electron chi connectivity index (χ0n) is 13.4. The second kappa shape index (κ2) is 11.5. The summed E-state index contributed by atoms with van der Waals surface area (Å²) in [7, 11) is 1.50. The highest BCUT2D eigenvalue weighted by molar-refractivity contribution is 5.99. The van der Waals surface area contributed by atoms with Crippen LogP contribution in [0, 0.1) is 0 Å². The van der Waals surface area contributed by atoms with E-state index in [9.17, 15) is 4.79 Å². The SMILES string of the molecule is C/C=C/C=C/CCCC/C=C/C(=O)N(OC)c1ccccc1. The van der Waals surface area contributed by atoms with E-state index in [1.807, 2.05) is 55.5 Å². The Kier molecular flexibility index (Phi) is 9.38. The van der Waals surface area contributed by atoms with Crippen molar-refractivity contribution >= 4 is 11.6 Å². The number of unbranched alkanes of at least 4 members (excludes halogenated alkanes) is 3. The highest BCUT2D eigenvalue weighted by Crippen LogP contribution is 2.13. The lowest BCUT2D eigenvalue weighted by atomic mass is 10.2. The molecule has 1 aromatic carbocycles. The minimum absolute atomic E-state index is 0.165. The van der Waals surface area contributed by atoms with Gasteiger partial charge in [-0.1, -0.05) is 48.6 Å². The van der Waals surface area contributed by atoms with Gasteiger partial charge in [-0.15, -0.1) is 0 Å². The number of nitrogens with zero attached hydrogens (tertiary/aromatic N) is 1. The second-order valence-electron chi connectivity index (χ2n) is 4.79. The number of carbonyl (C=O) groups is 1. The summed E-state index contributed by atoms with van der Waals surface area (Å²) in [4.78, 5) is 17.2. The van der Waals surface area contributed by atoms with Crippen LogP contribution in [-0.2, 0) is 9.63 Å². The first-order valence-corrected chi connectivity index (χ1v) is 7.67. The minimum Gasteiger partial charge on any atom is -0.269 e. The van der Waals surface area contributed by atoms with Gasteiger partial charge in [-0.05, 0) is 44.7 Å². The molecule has 0 bridgehead atoms. The van der Waals surface area contributed by atoms with E-state index in [-0.39, 0.29) is 5.91 Å². The van der Waals surface area contributed by atoms with Crippen molar-refractivity contribution in [3.8, 4) is 0 Å². The molecule has 0 unspecified atom stereocenters. The van der Waals surface area contributed by atoms with Crippen molar-refractivity contribution in [1.29, 1.82) is 0 Å². The molecule has 0 saturated heterocycles. The molecule has 3 heteroatoms. The highest BCUT2D eigenvalue weighted by atomic mass is 16.7. The van der Waals surface area contributed by atoms with Crippen molar-refractivity contribution < 1.29 is 9.63 Å². The maximum Gasteiger partial charge on any atom is 0.274 e. The average Bonchev–Trinajstić information content (AvgIpc) is 2.55. The molecule has 0 radical (unpaired) electrons. The summed E-state index contributed by atoms with van der Waals surface area (Å²) < 4.78 is 0. The highest BCUT2D eigenvalue weighted by Gasteiger charge is 2.11. The van der Waals surface area contributed by atoms with Crippen LogP contribution in [0.2, 0.25) is 0 Å². The Hall–Kier alpha value is -2.13. The van der Waals surface area contributed by atoms with Crippen molar-refractivity contribution in [2.75, 3.05) is 12.2 Å². The molecule has 0 aliphatic carbocycles. The zero-order valence-corrected chi connectivity index (χ0v) is 13.4. The number of carbonyl (C=O) groups excluding carboxylic acids is 1. The fraction of sp³-hybridized carbons (Fsp3) is 0.316. The number of anilines is 1. The van der Waals surface area contributed by atoms with Crippen LogP contribution in [0.1, 0.15) is 32.6 Å². The maximum atomic E-state index is 12.1. The Morgan fingerprint density at radius 1 is 1.09 bits per heavy atom. The van der Waals surface area contributed by atoms with Crippen molar-refractivity contribution in [3.63, 3.8) is 0 Å². The van der Waals surface area contributed by atoms with Gasteiger partial charge in [-0.3, -0.25) is 9.63 Å². The summed E-state index contributed by atoms with van der Waals surface area (Å²) in [6, 6.07) is 9.33. The van der Waals surface area contributed by atoms with Gasteiger partial charge in [0.15, 0.2) is 0 Å². The molecule has 1 aromatic rings. The van der Waals surface area contributed by atoms with Crippen LogP contribution >= 0.6 is 0 Å². The quantitative estimate of drug-likeness (QED) is 0.283. The molecular weight excluding hydrogens is 274 g/mol. The van der Waals surface area contributed by atoms with Crippen molar-refractivity contribution in [2.45, 2.75) is 32.6 Å². The van der Waals surface area contributed by atoms with Crippen molar-refractivity contribution in [3.05, 3.63) is 66.8 Å². The number of hydrogen-bond acceptors (Lipinski definition) is 2. The third-order valence-corrected chi connectivity index (χ3v) is 3.07. The molecular formula is C19H25NO2. The first-order chi connectivity index (χ1) is 10.8. The van der Waals surface area contributed by atoms with E-state index in [1.54, 1.807) is 6.08 Å². The lowest BCUT2D eigenvalue weighted by Crippen LogP contribution is -2.27. The number of allylic oxidation sites excluding steroid dienone is 5. The Morgan fingerprint density at radius 2 is 1.77 bits per heavy atom. The lowest BCUT2D eigenvalue weighted by Gasteiger charge is -2.17. The fourth-order valence-corrected chi connectivity index (χ4v) is 1.95. The molecule has 0 atom stereocenters. The molecule has 3 nitrogen and oxygen atoms in total. The second-order valence-corrected chi connectivity index (χ2v) is 4.79. The van der Waals surface area contributed by atoms with Crippen LogP contribution in [0.3, 0.4) is 0 Å². The average molecular weight is 299 g/mol. The first kappa shape index (κ1) is 17.9. The number of hydroxylamine groups is 1. The monoisotopic (exact) mass is 299 g/mol. The Bertz CT molecular complexity index is 503. The first-order valence-electron chi connectivity index (χ1n) is 7.67. The molecule has 0 spiro atoms. The van der Waals surface area contributed by atoms with Crippen LogP contribution in [0.15, 0.2) is 66.8 Å². The van der Waals surface area contributed by atoms with E-state index in [0.717, 1.165) is 31.4 Å². The molecule has 0 aliphatic rings. The van der Waals surface area contributed by atoms with Crippen LogP contribution in [-0.4, -0.2) is 13.0 Å². The fourth-order valence-electron chi connectivity index (χ4n) is 1.95. The number of rotatable bonds is 9. The van der Waals surface area contributed by atoms with Gasteiger partial charge in [-0.2, -0.15) is 5.06 Å². The molecule has 0 aliphatic heterocycles. The third kappa shape index (κ3) is 7.04. The largest absolute Gasteiger partial charge is 0.274 e. The normalized spacial score (nSPS) is 11.7. The van der Waals surface area contributed by atoms with Crippen LogP contribution in [0.4, 0.5) is 5.69 Å². The van der Waals surface area contributed by atoms with E-state index < -0.39 is 0 Å². The van der Waals surface area contributed by atoms with Gasteiger partial charge in [0.2, 0.25) is 0 Å². The van der Waals surface area contributed by atoms with Crippen LogP contribution in [0.5, 0.6) is 0 Å². The molecule has 118 valence electrons. The van der Waals surface area contributed by atoms with Gasteiger partial charge < -0.3 is 0 Å². The minimum atomic E-state index is -0.165. The van der Waals surface area contributed by atoms with E-state index in [2.05, 4.69) is 12.2 Å². The van der Waals surface area contributed by atoms with E-state index >= 15 is 0 Å². The summed E-state index contributed by atoms with van der Waals surface area (Å²) >= 11 is 0. The van der Waals surface area contributed by atoms with Crippen LogP contribution in [0.25, 0.3) is 0 Å². The van der Waals surface area contributed by atoms with Gasteiger partial charge in [0.05, 0.1) is 12.8 Å². The lowest BCUT2D eigenvalue weighted by molar-refractivity contribution is -0.120. The molecule has 0 heterocycles. The number of amides is 1. The van der Waals surface area contributed by atoms with Gasteiger partial charge >= 0.3 is 0 Å². The summed E-state index contributed by atoms with van der Waals surface area (Å²) in [5, 5.41) is 1.29. The third-order valence-electron chi connectivity index (χ3n) is 3.07. The number of para-hydroxylation sites is 1. The molecule has 0 N–H and O–H groups in total. The standard InChI is InChI=1S/C19H25NO2/c1-3-4-5-6-7-8-9-10-14-17-19(21)20(22-2)18-15-12-11-13-16-18/h3-6,11-17H,7-10H2,1-2H3/b4-3+,6-5+,17-14+. The molecule has 0 saturated carbocycles. The maximum absolute atomic E-state index is 12.1. The number of benzene rings is 1. The molecule has 22 heavy (non-hydrogen) atoms. The van der Waals surface area contributed by atoms with Crippen molar-refractivity contribution in [1.82, 2.24) is 0 Å². The smallest absolute Gasteiger partial charge is 0.269 e. The number of hydrogen-bond donors (Lipinski definition) is 0. The topological polar surface area (TPSA) is 29.5 Å². The van der Waals surface area contributed by atoms with Gasteiger partial charge in [0.25, 0.3) is 5.91 Å². The van der Waals surface area contributed by atoms with Gasteiger partial charge in [0.1, 0.15) is 0 Å². The summed E-state index contributed by atoms with van der Waals surface area (Å²) in [6.45, 7) is 2.00. The van der Waals surface area contributed by atoms with Gasteiger partial charge in [0, 0.05) is 6.08 Å². The summed E-state index contributed by atoms with van der Waals surface area (Å²) in [5.74, 6) is -0.165. The van der Waals surface area contributed by atoms with E-state index in [1.165, 1.54) is 12.2 Å². The van der Waals surface area contributed by atoms with Crippen LogP contribution < -0.4 is 5.06 Å². The van der Waals surface area contributed by atoms with E-state index in [4.69, 9.17) is 4.84 Å². The zero-order chi connectivity index (χ0) is 16.0. The Labute approximate surface area is 133 Å². The van der Waals surface area contributed by atoms with Crippen molar-refractivity contribution in [2.24, 2.45) is 0 Å².